The maximum Gasteiger partial charge on any atom is 0.153 e. The van der Waals surface area contributed by atoms with Gasteiger partial charge in [-0.25, -0.2) is 0 Å². The molecule has 3 aromatic rings. The van der Waals surface area contributed by atoms with E-state index in [0.717, 1.165) is 34.1 Å². The lowest BCUT2D eigenvalue weighted by molar-refractivity contribution is 0.180. The Bertz CT molecular complexity index is 732. The third-order valence-electron chi connectivity index (χ3n) is 3.25. The highest BCUT2D eigenvalue weighted by Crippen LogP contribution is 2.32. The van der Waals surface area contributed by atoms with Crippen molar-refractivity contribution < 1.29 is 9.52 Å². The number of aromatic nitrogens is 2. The van der Waals surface area contributed by atoms with E-state index in [-0.39, 0.29) is 0 Å². The Kier molecular flexibility index (Phi) is 3.63. The topological polar surface area (TPSA) is 51.2 Å². The van der Waals surface area contributed by atoms with Crippen LogP contribution in [0.4, 0.5) is 0 Å². The number of hydrogen-bond acceptors (Lipinski definition) is 3. The number of para-hydroxylation sites is 1. The second kappa shape index (κ2) is 5.42. The highest BCUT2D eigenvalue weighted by molar-refractivity contribution is 9.10. The number of nitrogens with zero attached hydrogens (tertiary/aromatic N) is 2. The largest absolute Gasteiger partial charge is 0.457 e. The van der Waals surface area contributed by atoms with E-state index in [1.54, 1.807) is 6.20 Å². The fourth-order valence-electron chi connectivity index (χ4n) is 2.30. The molecule has 0 saturated heterocycles. The lowest BCUT2D eigenvalue weighted by Gasteiger charge is -2.10. The van der Waals surface area contributed by atoms with E-state index >= 15 is 0 Å². The molecule has 0 aliphatic carbocycles. The van der Waals surface area contributed by atoms with E-state index in [4.69, 9.17) is 4.42 Å². The van der Waals surface area contributed by atoms with Crippen molar-refractivity contribution >= 4 is 26.9 Å². The maximum atomic E-state index is 10.5. The summed E-state index contributed by atoms with van der Waals surface area (Å²) in [6.07, 6.45) is 1.86. The standard InChI is InChI=1S/C15H15BrN2O2/c1-2-8-18-12(6-7-17-18)14(19)13-9-10-4-3-5-11(16)15(10)20-13/h3-7,9,14,19H,2,8H2,1H3. The van der Waals surface area contributed by atoms with Gasteiger partial charge in [-0.2, -0.15) is 5.10 Å². The third-order valence-corrected chi connectivity index (χ3v) is 3.87. The summed E-state index contributed by atoms with van der Waals surface area (Å²) in [5.41, 5.74) is 1.50. The Morgan fingerprint density at radius 3 is 3.00 bits per heavy atom. The van der Waals surface area contributed by atoms with Crippen molar-refractivity contribution in [1.29, 1.82) is 0 Å². The number of rotatable bonds is 4. The molecule has 1 unspecified atom stereocenters. The van der Waals surface area contributed by atoms with Gasteiger partial charge in [-0.3, -0.25) is 4.68 Å². The van der Waals surface area contributed by atoms with Crippen molar-refractivity contribution in [3.8, 4) is 0 Å². The number of halogens is 1. The molecule has 0 radical (unpaired) electrons. The second-order valence-electron chi connectivity index (χ2n) is 4.69. The lowest BCUT2D eigenvalue weighted by Crippen LogP contribution is -2.09. The van der Waals surface area contributed by atoms with Crippen LogP contribution in [0.15, 0.2) is 45.4 Å². The van der Waals surface area contributed by atoms with Crippen LogP contribution in [0.25, 0.3) is 11.0 Å². The number of benzene rings is 1. The summed E-state index contributed by atoms with van der Waals surface area (Å²) in [6.45, 7) is 2.86. The Labute approximate surface area is 125 Å². The van der Waals surface area contributed by atoms with Crippen LogP contribution in [0.5, 0.6) is 0 Å². The predicted octanol–water partition coefficient (Wildman–Crippen LogP) is 3.88. The number of aliphatic hydroxyl groups is 1. The van der Waals surface area contributed by atoms with E-state index in [1.807, 2.05) is 35.0 Å². The third kappa shape index (κ3) is 2.27. The molecule has 4 nitrogen and oxygen atoms in total. The molecule has 2 aromatic heterocycles. The fraction of sp³-hybridized carbons (Fsp3) is 0.267. The number of fused-ring (bicyclic) bond motifs is 1. The van der Waals surface area contributed by atoms with Crippen molar-refractivity contribution in [3.05, 3.63) is 52.5 Å². The molecule has 0 spiro atoms. The Morgan fingerprint density at radius 2 is 2.25 bits per heavy atom. The first kappa shape index (κ1) is 13.4. The monoisotopic (exact) mass is 334 g/mol. The molecule has 1 aromatic carbocycles. The molecule has 20 heavy (non-hydrogen) atoms. The van der Waals surface area contributed by atoms with Crippen molar-refractivity contribution in [1.82, 2.24) is 9.78 Å². The molecule has 1 atom stereocenters. The van der Waals surface area contributed by atoms with Crippen LogP contribution in [-0.2, 0) is 6.54 Å². The summed E-state index contributed by atoms with van der Waals surface area (Å²) < 4.78 is 8.48. The normalized spacial score (nSPS) is 12.9. The van der Waals surface area contributed by atoms with Crippen molar-refractivity contribution in [2.45, 2.75) is 26.0 Å². The van der Waals surface area contributed by atoms with Crippen LogP contribution in [0.1, 0.15) is 30.9 Å². The van der Waals surface area contributed by atoms with E-state index in [1.165, 1.54) is 0 Å². The maximum absolute atomic E-state index is 10.5. The fourth-order valence-corrected chi connectivity index (χ4v) is 2.76. The van der Waals surface area contributed by atoms with Crippen LogP contribution in [0.3, 0.4) is 0 Å². The molecule has 1 N–H and O–H groups in total. The SMILES string of the molecule is CCCn1nccc1C(O)c1cc2cccc(Br)c2o1. The number of aliphatic hydroxyl groups excluding tert-OH is 1. The number of hydrogen-bond donors (Lipinski definition) is 1. The highest BCUT2D eigenvalue weighted by Gasteiger charge is 2.20. The summed E-state index contributed by atoms with van der Waals surface area (Å²) >= 11 is 3.45. The van der Waals surface area contributed by atoms with E-state index in [0.29, 0.717) is 5.76 Å². The van der Waals surface area contributed by atoms with Crippen LogP contribution in [-0.4, -0.2) is 14.9 Å². The van der Waals surface area contributed by atoms with Crippen molar-refractivity contribution in [2.24, 2.45) is 0 Å². The van der Waals surface area contributed by atoms with E-state index < -0.39 is 6.10 Å². The van der Waals surface area contributed by atoms with Gasteiger partial charge in [0.1, 0.15) is 11.3 Å². The molecule has 0 bridgehead atoms. The lowest BCUT2D eigenvalue weighted by atomic mass is 10.2. The van der Waals surface area contributed by atoms with Gasteiger partial charge in [0.25, 0.3) is 0 Å². The molecule has 0 amide bonds. The molecular weight excluding hydrogens is 320 g/mol. The van der Waals surface area contributed by atoms with E-state index in [9.17, 15) is 5.11 Å². The molecule has 0 saturated carbocycles. The molecule has 0 aliphatic rings. The minimum absolute atomic E-state index is 0.532. The molecule has 0 fully saturated rings. The molecule has 5 heteroatoms. The smallest absolute Gasteiger partial charge is 0.153 e. The minimum Gasteiger partial charge on any atom is -0.457 e. The first-order valence-corrected chi connectivity index (χ1v) is 7.37. The Hall–Kier alpha value is -1.59. The molecular formula is C15H15BrN2O2. The van der Waals surface area contributed by atoms with Crippen molar-refractivity contribution in [2.75, 3.05) is 0 Å². The predicted molar refractivity (Wildman–Crippen MR) is 80.5 cm³/mol. The summed E-state index contributed by atoms with van der Waals surface area (Å²) in [4.78, 5) is 0. The van der Waals surface area contributed by atoms with Gasteiger partial charge in [0.2, 0.25) is 0 Å². The number of aryl methyl sites for hydroxylation is 1. The van der Waals surface area contributed by atoms with E-state index in [2.05, 4.69) is 28.0 Å². The Morgan fingerprint density at radius 1 is 1.40 bits per heavy atom. The van der Waals surface area contributed by atoms with Crippen LogP contribution in [0.2, 0.25) is 0 Å². The van der Waals surface area contributed by atoms with Gasteiger partial charge in [-0.05, 0) is 40.5 Å². The average molecular weight is 335 g/mol. The second-order valence-corrected chi connectivity index (χ2v) is 5.54. The van der Waals surface area contributed by atoms with Crippen LogP contribution >= 0.6 is 15.9 Å². The highest BCUT2D eigenvalue weighted by atomic mass is 79.9. The zero-order valence-electron chi connectivity index (χ0n) is 11.1. The minimum atomic E-state index is -0.802. The van der Waals surface area contributed by atoms with Gasteiger partial charge in [0, 0.05) is 18.1 Å². The first-order valence-electron chi connectivity index (χ1n) is 6.58. The summed E-state index contributed by atoms with van der Waals surface area (Å²) in [6, 6.07) is 9.52. The van der Waals surface area contributed by atoms with Gasteiger partial charge >= 0.3 is 0 Å². The summed E-state index contributed by atoms with van der Waals surface area (Å²) in [5, 5.41) is 15.7. The zero-order chi connectivity index (χ0) is 14.1. The summed E-state index contributed by atoms with van der Waals surface area (Å²) in [5.74, 6) is 0.532. The zero-order valence-corrected chi connectivity index (χ0v) is 12.7. The number of furan rings is 1. The van der Waals surface area contributed by atoms with Crippen LogP contribution < -0.4 is 0 Å². The van der Waals surface area contributed by atoms with Gasteiger partial charge in [-0.15, -0.1) is 0 Å². The van der Waals surface area contributed by atoms with Gasteiger partial charge < -0.3 is 9.52 Å². The molecule has 104 valence electrons. The van der Waals surface area contributed by atoms with Gasteiger partial charge in [0.05, 0.1) is 10.2 Å². The Balaban J connectivity index is 2.01. The summed E-state index contributed by atoms with van der Waals surface area (Å²) in [7, 11) is 0. The quantitative estimate of drug-likeness (QED) is 0.787. The van der Waals surface area contributed by atoms with Gasteiger partial charge in [0.15, 0.2) is 6.10 Å². The van der Waals surface area contributed by atoms with Crippen LogP contribution in [0, 0.1) is 0 Å². The first-order chi connectivity index (χ1) is 9.70. The molecule has 0 aliphatic heterocycles. The van der Waals surface area contributed by atoms with Gasteiger partial charge in [-0.1, -0.05) is 19.1 Å². The van der Waals surface area contributed by atoms with Crippen molar-refractivity contribution in [3.63, 3.8) is 0 Å². The molecule has 3 rings (SSSR count). The average Bonchev–Trinajstić information content (AvgIpc) is 3.05. The molecule has 2 heterocycles.